The molecule has 3 rings (SSSR count). The Bertz CT molecular complexity index is 844. The zero-order valence-electron chi connectivity index (χ0n) is 14.4. The SMILES string of the molecule is O=C(Nc1ccc(C(=O)N2CCC(C(=O)O)CC2)cc1)c1ccc(F)cn1. The number of pyridine rings is 1. The first kappa shape index (κ1) is 18.5. The van der Waals surface area contributed by atoms with Crippen LogP contribution in [-0.4, -0.2) is 45.9 Å². The van der Waals surface area contributed by atoms with Gasteiger partial charge in [-0.2, -0.15) is 0 Å². The average Bonchev–Trinajstić information content (AvgIpc) is 2.68. The first-order valence-corrected chi connectivity index (χ1v) is 8.49. The lowest BCUT2D eigenvalue weighted by atomic mass is 9.96. The number of likely N-dealkylation sites (tertiary alicyclic amines) is 1. The van der Waals surface area contributed by atoms with Crippen LogP contribution in [0.1, 0.15) is 33.7 Å². The van der Waals surface area contributed by atoms with E-state index in [1.807, 2.05) is 0 Å². The third kappa shape index (κ3) is 4.46. The topological polar surface area (TPSA) is 99.6 Å². The van der Waals surface area contributed by atoms with Gasteiger partial charge in [-0.15, -0.1) is 0 Å². The van der Waals surface area contributed by atoms with E-state index in [1.54, 1.807) is 29.2 Å². The van der Waals surface area contributed by atoms with Crippen LogP contribution in [0, 0.1) is 11.7 Å². The number of hydrogen-bond acceptors (Lipinski definition) is 4. The molecule has 2 aromatic rings. The van der Waals surface area contributed by atoms with E-state index >= 15 is 0 Å². The minimum Gasteiger partial charge on any atom is -0.481 e. The van der Waals surface area contributed by atoms with Gasteiger partial charge >= 0.3 is 5.97 Å². The van der Waals surface area contributed by atoms with Crippen molar-refractivity contribution in [2.24, 2.45) is 5.92 Å². The van der Waals surface area contributed by atoms with Crippen LogP contribution in [0.4, 0.5) is 10.1 Å². The van der Waals surface area contributed by atoms with Gasteiger partial charge in [-0.3, -0.25) is 14.4 Å². The van der Waals surface area contributed by atoms with Gasteiger partial charge in [-0.25, -0.2) is 9.37 Å². The first-order chi connectivity index (χ1) is 12.9. The summed E-state index contributed by atoms with van der Waals surface area (Å²) in [5.74, 6) is -2.40. The normalized spacial score (nSPS) is 14.6. The van der Waals surface area contributed by atoms with E-state index in [4.69, 9.17) is 5.11 Å². The number of aromatic nitrogens is 1. The lowest BCUT2D eigenvalue weighted by Crippen LogP contribution is -2.40. The monoisotopic (exact) mass is 371 g/mol. The third-order valence-corrected chi connectivity index (χ3v) is 4.48. The van der Waals surface area contributed by atoms with Crippen LogP contribution in [-0.2, 0) is 4.79 Å². The molecule has 0 atom stereocenters. The molecule has 1 fully saturated rings. The van der Waals surface area contributed by atoms with Crippen LogP contribution in [0.3, 0.4) is 0 Å². The summed E-state index contributed by atoms with van der Waals surface area (Å²) in [5, 5.41) is 11.6. The number of nitrogens with one attached hydrogen (secondary N) is 1. The highest BCUT2D eigenvalue weighted by Crippen LogP contribution is 2.20. The molecule has 1 aliphatic heterocycles. The summed E-state index contributed by atoms with van der Waals surface area (Å²) in [4.78, 5) is 40.9. The fourth-order valence-corrected chi connectivity index (χ4v) is 2.91. The molecule has 140 valence electrons. The second-order valence-corrected chi connectivity index (χ2v) is 6.30. The van der Waals surface area contributed by atoms with E-state index in [1.165, 1.54) is 6.07 Å². The fraction of sp³-hybridized carbons (Fsp3) is 0.263. The van der Waals surface area contributed by atoms with E-state index in [0.717, 1.165) is 12.3 Å². The van der Waals surface area contributed by atoms with E-state index < -0.39 is 23.6 Å². The van der Waals surface area contributed by atoms with Crippen molar-refractivity contribution in [1.82, 2.24) is 9.88 Å². The summed E-state index contributed by atoms with van der Waals surface area (Å²) in [7, 11) is 0. The second kappa shape index (κ2) is 7.94. The van der Waals surface area contributed by atoms with Crippen molar-refractivity contribution in [1.29, 1.82) is 0 Å². The van der Waals surface area contributed by atoms with E-state index in [2.05, 4.69) is 10.3 Å². The standard InChI is InChI=1S/C19H18FN3O4/c20-14-3-6-16(21-11-14)17(24)22-15-4-1-12(2-5-15)18(25)23-9-7-13(8-10-23)19(26)27/h1-6,11,13H,7-10H2,(H,22,24)(H,26,27). The van der Waals surface area contributed by atoms with Crippen molar-refractivity contribution < 1.29 is 23.9 Å². The maximum Gasteiger partial charge on any atom is 0.306 e. The van der Waals surface area contributed by atoms with Gasteiger partial charge in [0, 0.05) is 24.3 Å². The van der Waals surface area contributed by atoms with Gasteiger partial charge < -0.3 is 15.3 Å². The molecule has 0 aliphatic carbocycles. The number of piperidine rings is 1. The molecule has 1 aromatic carbocycles. The summed E-state index contributed by atoms with van der Waals surface area (Å²) in [5.41, 5.74) is 1.02. The maximum absolute atomic E-state index is 12.9. The number of rotatable bonds is 4. The number of halogens is 1. The van der Waals surface area contributed by atoms with Gasteiger partial charge in [-0.1, -0.05) is 0 Å². The Morgan fingerprint density at radius 1 is 1.07 bits per heavy atom. The van der Waals surface area contributed by atoms with Crippen LogP contribution in [0.5, 0.6) is 0 Å². The van der Waals surface area contributed by atoms with Crippen molar-refractivity contribution in [3.05, 3.63) is 59.7 Å². The average molecular weight is 371 g/mol. The summed E-state index contributed by atoms with van der Waals surface area (Å²) in [6.07, 6.45) is 1.85. The summed E-state index contributed by atoms with van der Waals surface area (Å²) in [6.45, 7) is 0.815. The van der Waals surface area contributed by atoms with Crippen LogP contribution < -0.4 is 5.32 Å². The lowest BCUT2D eigenvalue weighted by molar-refractivity contribution is -0.143. The van der Waals surface area contributed by atoms with Crippen LogP contribution in [0.2, 0.25) is 0 Å². The van der Waals surface area contributed by atoms with Crippen molar-refractivity contribution in [3.63, 3.8) is 0 Å². The molecule has 8 heteroatoms. The summed E-state index contributed by atoms with van der Waals surface area (Å²) < 4.78 is 12.9. The van der Waals surface area contributed by atoms with Crippen molar-refractivity contribution in [2.75, 3.05) is 18.4 Å². The van der Waals surface area contributed by atoms with Gasteiger partial charge in [0.2, 0.25) is 0 Å². The van der Waals surface area contributed by atoms with Crippen LogP contribution >= 0.6 is 0 Å². The van der Waals surface area contributed by atoms with Crippen molar-refractivity contribution >= 4 is 23.5 Å². The summed E-state index contributed by atoms with van der Waals surface area (Å²) in [6, 6.07) is 8.82. The predicted octanol–water partition coefficient (Wildman–Crippen LogP) is 2.41. The van der Waals surface area contributed by atoms with Crippen molar-refractivity contribution in [2.45, 2.75) is 12.8 Å². The lowest BCUT2D eigenvalue weighted by Gasteiger charge is -2.30. The third-order valence-electron chi connectivity index (χ3n) is 4.48. The highest BCUT2D eigenvalue weighted by atomic mass is 19.1. The molecular weight excluding hydrogens is 353 g/mol. The van der Waals surface area contributed by atoms with Gasteiger partial charge in [0.05, 0.1) is 12.1 Å². The fourth-order valence-electron chi connectivity index (χ4n) is 2.91. The second-order valence-electron chi connectivity index (χ2n) is 6.30. The van der Waals surface area contributed by atoms with Crippen molar-refractivity contribution in [3.8, 4) is 0 Å². The molecule has 0 spiro atoms. The highest BCUT2D eigenvalue weighted by molar-refractivity contribution is 6.03. The molecule has 27 heavy (non-hydrogen) atoms. The Morgan fingerprint density at radius 3 is 2.30 bits per heavy atom. The number of aliphatic carboxylic acids is 1. The van der Waals surface area contributed by atoms with Crippen LogP contribution in [0.25, 0.3) is 0 Å². The predicted molar refractivity (Wildman–Crippen MR) is 94.9 cm³/mol. The minimum atomic E-state index is -0.821. The van der Waals surface area contributed by atoms with E-state index in [-0.39, 0.29) is 11.6 Å². The highest BCUT2D eigenvalue weighted by Gasteiger charge is 2.27. The largest absolute Gasteiger partial charge is 0.481 e. The molecule has 0 bridgehead atoms. The molecule has 2 amide bonds. The Labute approximate surface area is 154 Å². The number of amides is 2. The number of carboxylic acids is 1. The van der Waals surface area contributed by atoms with E-state index in [9.17, 15) is 18.8 Å². The Hall–Kier alpha value is -3.29. The number of carbonyl (C=O) groups is 3. The Balaban J connectivity index is 1.60. The molecule has 0 saturated carbocycles. The zero-order chi connectivity index (χ0) is 19.4. The molecule has 1 saturated heterocycles. The smallest absolute Gasteiger partial charge is 0.306 e. The van der Waals surface area contributed by atoms with Gasteiger partial charge in [-0.05, 0) is 49.2 Å². The molecule has 0 unspecified atom stereocenters. The number of carboxylic acid groups (broad SMARTS) is 1. The molecule has 0 radical (unpaired) electrons. The zero-order valence-corrected chi connectivity index (χ0v) is 14.4. The molecule has 1 aliphatic rings. The molecule has 2 heterocycles. The van der Waals surface area contributed by atoms with E-state index in [0.29, 0.717) is 37.2 Å². The summed E-state index contributed by atoms with van der Waals surface area (Å²) >= 11 is 0. The number of anilines is 1. The minimum absolute atomic E-state index is 0.0813. The number of carbonyl (C=O) groups excluding carboxylic acids is 2. The molecule has 2 N–H and O–H groups in total. The quantitative estimate of drug-likeness (QED) is 0.860. The molecule has 7 nitrogen and oxygen atoms in total. The van der Waals surface area contributed by atoms with Gasteiger partial charge in [0.25, 0.3) is 11.8 Å². The Morgan fingerprint density at radius 2 is 1.74 bits per heavy atom. The number of hydrogen-bond donors (Lipinski definition) is 2. The Kier molecular flexibility index (Phi) is 5.44. The molecule has 1 aromatic heterocycles. The van der Waals surface area contributed by atoms with Gasteiger partial charge in [0.1, 0.15) is 11.5 Å². The number of benzene rings is 1. The first-order valence-electron chi connectivity index (χ1n) is 8.49. The maximum atomic E-state index is 12.9. The number of nitrogens with zero attached hydrogens (tertiary/aromatic N) is 2. The van der Waals surface area contributed by atoms with Crippen LogP contribution in [0.15, 0.2) is 42.6 Å². The van der Waals surface area contributed by atoms with Gasteiger partial charge in [0.15, 0.2) is 0 Å². The molecular formula is C19H18FN3O4.